The number of alkyl halides is 1. The number of hydrogen-bond donors (Lipinski definition) is 2. The Morgan fingerprint density at radius 1 is 1.30 bits per heavy atom. The van der Waals surface area contributed by atoms with E-state index in [4.69, 9.17) is 22.1 Å². The van der Waals surface area contributed by atoms with Crippen LogP contribution in [0.25, 0.3) is 32.1 Å². The Bertz CT molecular complexity index is 2180. The van der Waals surface area contributed by atoms with Crippen molar-refractivity contribution in [3.8, 4) is 23.2 Å². The van der Waals surface area contributed by atoms with E-state index >= 15 is 4.39 Å². The standard InChI is InChI=1S/C35H32ClF3N8O2S/c1-3-25(33(48)43-19-7-10-42-11-8-19)46(2)32-21-13-23(36)27(20-5-6-24(38)30-26(20)22(15-40)31(41)50-30)28(39)29(21)44-34(45-32)49-17-35-9-4-12-47(35)16-18(37)14-35/h5-8,10-11,13,18,25H,3-4,9,12,14,16-17,41H2,1-2H3,(H,42,43,48)/t18-,25?,35+/m1/s1. The fourth-order valence-corrected chi connectivity index (χ4v) is 8.58. The monoisotopic (exact) mass is 720 g/mol. The van der Waals surface area contributed by atoms with E-state index in [9.17, 15) is 18.8 Å². The molecule has 10 nitrogen and oxygen atoms in total. The zero-order chi connectivity index (χ0) is 35.3. The van der Waals surface area contributed by atoms with Crippen molar-refractivity contribution in [3.63, 3.8) is 0 Å². The van der Waals surface area contributed by atoms with Crippen molar-refractivity contribution in [1.82, 2.24) is 19.9 Å². The number of halogens is 4. The maximum absolute atomic E-state index is 17.0. The van der Waals surface area contributed by atoms with Gasteiger partial charge in [-0.2, -0.15) is 15.2 Å². The minimum atomic E-state index is -0.985. The summed E-state index contributed by atoms with van der Waals surface area (Å²) in [6.07, 6.45) is 4.42. The second-order valence-electron chi connectivity index (χ2n) is 12.6. The molecule has 15 heteroatoms. The first-order valence-corrected chi connectivity index (χ1v) is 17.3. The van der Waals surface area contributed by atoms with Crippen molar-refractivity contribution in [2.45, 2.75) is 50.4 Å². The van der Waals surface area contributed by atoms with Crippen LogP contribution in [0.4, 0.5) is 29.7 Å². The Hall–Kier alpha value is -4.71. The molecule has 2 fully saturated rings. The molecule has 1 amide bonds. The smallest absolute Gasteiger partial charge is 0.319 e. The van der Waals surface area contributed by atoms with Gasteiger partial charge in [-0.05, 0) is 55.6 Å². The van der Waals surface area contributed by atoms with E-state index in [-0.39, 0.29) is 72.0 Å². The van der Waals surface area contributed by atoms with E-state index in [1.54, 1.807) is 36.5 Å². The third-order valence-corrected chi connectivity index (χ3v) is 11.0. The molecule has 1 unspecified atom stereocenters. The quantitative estimate of drug-likeness (QED) is 0.164. The number of aromatic nitrogens is 3. The number of anilines is 3. The highest BCUT2D eigenvalue weighted by Gasteiger charge is 2.49. The Morgan fingerprint density at radius 3 is 2.82 bits per heavy atom. The predicted octanol–water partition coefficient (Wildman–Crippen LogP) is 7.10. The number of ether oxygens (including phenoxy) is 1. The molecule has 7 rings (SSSR count). The van der Waals surface area contributed by atoms with E-state index in [0.717, 1.165) is 30.7 Å². The molecule has 3 aromatic heterocycles. The summed E-state index contributed by atoms with van der Waals surface area (Å²) < 4.78 is 52.8. The van der Waals surface area contributed by atoms with Crippen LogP contribution in [0.5, 0.6) is 6.01 Å². The SMILES string of the molecule is CCC(C(=O)Nc1ccncc1)N(C)c1nc(OC[C@@]23CCCN2C[C@H](F)C3)nc2c(F)c(-c3ccc(F)c4sc(N)c(C#N)c34)c(Cl)cc12. The number of fused-ring (bicyclic) bond motifs is 3. The fourth-order valence-electron chi connectivity index (χ4n) is 7.34. The van der Waals surface area contributed by atoms with Crippen molar-refractivity contribution in [2.24, 2.45) is 0 Å². The van der Waals surface area contributed by atoms with Crippen LogP contribution < -0.4 is 20.7 Å². The predicted molar refractivity (Wildman–Crippen MR) is 188 cm³/mol. The van der Waals surface area contributed by atoms with Crippen LogP contribution in [0.15, 0.2) is 42.7 Å². The number of amides is 1. The third kappa shape index (κ3) is 5.73. The van der Waals surface area contributed by atoms with Gasteiger partial charge in [0.15, 0.2) is 5.82 Å². The van der Waals surface area contributed by atoms with E-state index in [0.29, 0.717) is 25.1 Å². The van der Waals surface area contributed by atoms with Crippen LogP contribution in [0, 0.1) is 23.0 Å². The minimum absolute atomic E-state index is 0.0105. The van der Waals surface area contributed by atoms with Gasteiger partial charge in [-0.25, -0.2) is 13.2 Å². The highest BCUT2D eigenvalue weighted by atomic mass is 35.5. The zero-order valence-corrected chi connectivity index (χ0v) is 28.7. The fraction of sp³-hybridized carbons (Fsp3) is 0.343. The number of pyridine rings is 1. The summed E-state index contributed by atoms with van der Waals surface area (Å²) in [4.78, 5) is 30.4. The molecule has 5 aromatic rings. The van der Waals surface area contributed by atoms with Crippen molar-refractivity contribution >= 4 is 66.3 Å². The number of likely N-dealkylation sites (N-methyl/N-ethyl adjacent to an activating group) is 1. The lowest BCUT2D eigenvalue weighted by molar-refractivity contribution is -0.117. The van der Waals surface area contributed by atoms with Gasteiger partial charge in [-0.3, -0.25) is 14.7 Å². The van der Waals surface area contributed by atoms with Crippen molar-refractivity contribution in [3.05, 3.63) is 64.9 Å². The Kier molecular flexibility index (Phi) is 8.92. The summed E-state index contributed by atoms with van der Waals surface area (Å²) in [6.45, 7) is 2.99. The molecular weight excluding hydrogens is 689 g/mol. The van der Waals surface area contributed by atoms with Gasteiger partial charge in [-0.1, -0.05) is 24.6 Å². The summed E-state index contributed by atoms with van der Waals surface area (Å²) in [5, 5.41) is 13.1. The van der Waals surface area contributed by atoms with Gasteiger partial charge in [0.2, 0.25) is 5.91 Å². The average molecular weight is 721 g/mol. The molecule has 2 aliphatic heterocycles. The van der Waals surface area contributed by atoms with Crippen LogP contribution in [0.2, 0.25) is 5.02 Å². The molecule has 3 atom stereocenters. The first-order chi connectivity index (χ1) is 24.0. The number of nitrogens with two attached hydrogens (primary N) is 1. The Labute approximate surface area is 294 Å². The lowest BCUT2D eigenvalue weighted by Gasteiger charge is -2.31. The van der Waals surface area contributed by atoms with E-state index in [1.165, 1.54) is 18.2 Å². The molecule has 2 aliphatic rings. The molecule has 50 heavy (non-hydrogen) atoms. The molecule has 0 aliphatic carbocycles. The normalized spacial score (nSPS) is 19.4. The summed E-state index contributed by atoms with van der Waals surface area (Å²) >= 11 is 7.72. The average Bonchev–Trinajstić information content (AvgIpc) is 3.74. The highest BCUT2D eigenvalue weighted by Crippen LogP contribution is 2.46. The van der Waals surface area contributed by atoms with Crippen molar-refractivity contribution in [2.75, 3.05) is 42.7 Å². The second-order valence-corrected chi connectivity index (χ2v) is 14.1. The molecule has 0 bridgehead atoms. The number of thiophene rings is 1. The summed E-state index contributed by atoms with van der Waals surface area (Å²) in [7, 11) is 1.66. The number of nitrogens with one attached hydrogen (secondary N) is 1. The minimum Gasteiger partial charge on any atom is -0.461 e. The largest absolute Gasteiger partial charge is 0.461 e. The molecule has 0 saturated carbocycles. The molecule has 2 saturated heterocycles. The molecule has 2 aromatic carbocycles. The Balaban J connectivity index is 1.37. The summed E-state index contributed by atoms with van der Waals surface area (Å²) in [5.74, 6) is -1.64. The van der Waals surface area contributed by atoms with Crippen LogP contribution in [-0.2, 0) is 4.79 Å². The van der Waals surface area contributed by atoms with Crippen LogP contribution >= 0.6 is 22.9 Å². The van der Waals surface area contributed by atoms with Gasteiger partial charge >= 0.3 is 6.01 Å². The number of nitrogen functional groups attached to an aromatic ring is 1. The van der Waals surface area contributed by atoms with E-state index < -0.39 is 29.4 Å². The number of carbonyl (C=O) groups is 1. The maximum Gasteiger partial charge on any atom is 0.319 e. The second kappa shape index (κ2) is 13.2. The number of hydrogen-bond acceptors (Lipinski definition) is 10. The van der Waals surface area contributed by atoms with Gasteiger partial charge in [0.25, 0.3) is 0 Å². The molecule has 258 valence electrons. The van der Waals surface area contributed by atoms with Crippen LogP contribution in [0.3, 0.4) is 0 Å². The summed E-state index contributed by atoms with van der Waals surface area (Å²) in [6, 6.07) is 8.39. The van der Waals surface area contributed by atoms with Gasteiger partial charge < -0.3 is 20.7 Å². The first-order valence-electron chi connectivity index (χ1n) is 16.1. The lowest BCUT2D eigenvalue weighted by Crippen LogP contribution is -2.44. The maximum atomic E-state index is 17.0. The van der Waals surface area contributed by atoms with Gasteiger partial charge in [0, 0.05) is 54.4 Å². The molecular formula is C35H32ClF3N8O2S. The van der Waals surface area contributed by atoms with Crippen molar-refractivity contribution in [1.29, 1.82) is 5.26 Å². The lowest BCUT2D eigenvalue weighted by atomic mass is 9.95. The van der Waals surface area contributed by atoms with Crippen LogP contribution in [0.1, 0.15) is 38.2 Å². The Morgan fingerprint density at radius 2 is 2.08 bits per heavy atom. The topological polar surface area (TPSA) is 133 Å². The van der Waals surface area contributed by atoms with E-state index in [2.05, 4.69) is 25.2 Å². The zero-order valence-electron chi connectivity index (χ0n) is 27.1. The van der Waals surface area contributed by atoms with Crippen LogP contribution in [-0.4, -0.2) is 70.3 Å². The van der Waals surface area contributed by atoms with Gasteiger partial charge in [0.05, 0.1) is 20.8 Å². The summed E-state index contributed by atoms with van der Waals surface area (Å²) in [5.41, 5.74) is 5.96. The highest BCUT2D eigenvalue weighted by molar-refractivity contribution is 7.23. The third-order valence-electron chi connectivity index (χ3n) is 9.71. The van der Waals surface area contributed by atoms with Crippen molar-refractivity contribution < 1.29 is 22.7 Å². The molecule has 5 heterocycles. The number of carbonyl (C=O) groups excluding carboxylic acids is 1. The first kappa shape index (κ1) is 33.8. The molecule has 0 spiro atoms. The molecule has 3 N–H and O–H groups in total. The molecule has 0 radical (unpaired) electrons. The van der Waals surface area contributed by atoms with E-state index in [1.807, 2.05) is 13.0 Å². The van der Waals surface area contributed by atoms with Gasteiger partial charge in [0.1, 0.15) is 47.0 Å². The number of nitriles is 1. The van der Waals surface area contributed by atoms with Gasteiger partial charge in [-0.15, -0.1) is 11.3 Å². The number of benzene rings is 2. The number of nitrogens with zero attached hydrogens (tertiary/aromatic N) is 6. The number of rotatable bonds is 9.